The maximum absolute atomic E-state index is 2.61. The Morgan fingerprint density at radius 2 is 0.722 bits per heavy atom. The minimum atomic E-state index is 0.501. The van der Waals surface area contributed by atoms with Crippen LogP contribution >= 0.6 is 0 Å². The molecule has 2 nitrogen and oxygen atoms in total. The van der Waals surface area contributed by atoms with Gasteiger partial charge in [-0.3, -0.25) is 0 Å². The Balaban J connectivity index is 4.11. The van der Waals surface area contributed by atoms with Crippen molar-refractivity contribution in [2.45, 2.75) is 91.1 Å². The molecule has 0 aromatic rings. The van der Waals surface area contributed by atoms with E-state index in [2.05, 4.69) is 52.2 Å². The average Bonchev–Trinajstić information content (AvgIpc) is 2.45. The summed E-state index contributed by atoms with van der Waals surface area (Å²) in [6.07, 6.45) is 7.75. The predicted molar refractivity (Wildman–Crippen MR) is 80.8 cm³/mol. The monoisotopic (exact) mass is 258 g/mol. The maximum Gasteiger partial charge on any atom is 0.126 e. The van der Waals surface area contributed by atoms with Gasteiger partial charge in [-0.05, 0) is 38.5 Å². The van der Waals surface area contributed by atoms with Crippen LogP contribution in [-0.4, -0.2) is 24.2 Å². The van der Waals surface area contributed by atoms with Crippen molar-refractivity contribution in [3.05, 3.63) is 0 Å². The van der Waals surface area contributed by atoms with Gasteiger partial charge in [-0.2, -0.15) is 0 Å². The van der Waals surface area contributed by atoms with Crippen molar-refractivity contribution in [2.75, 3.05) is 13.1 Å². The summed E-state index contributed by atoms with van der Waals surface area (Å²) in [5.41, 5.74) is 1.00. The van der Waals surface area contributed by atoms with Crippen molar-refractivity contribution in [3.8, 4) is 0 Å². The molecule has 0 fully saturated rings. The summed E-state index contributed by atoms with van der Waals surface area (Å²) in [5.74, 6) is 0. The third kappa shape index (κ3) is 4.89. The number of quaternary nitrogens is 2. The summed E-state index contributed by atoms with van der Waals surface area (Å²) in [5, 5.41) is 5.21. The highest BCUT2D eigenvalue weighted by Crippen LogP contribution is 2.14. The van der Waals surface area contributed by atoms with Gasteiger partial charge >= 0.3 is 0 Å². The molecule has 0 atom stereocenters. The molecule has 0 heterocycles. The Morgan fingerprint density at radius 1 is 0.500 bits per heavy atom. The van der Waals surface area contributed by atoms with Crippen LogP contribution in [0.1, 0.15) is 80.1 Å². The topological polar surface area (TPSA) is 33.2 Å². The molecule has 0 aromatic heterocycles. The fraction of sp³-hybridized carbons (Fsp3) is 1.00. The zero-order valence-corrected chi connectivity index (χ0v) is 13.8. The lowest BCUT2D eigenvalue weighted by Gasteiger charge is -2.30. The molecule has 2 heteroatoms. The molecule has 0 aliphatic heterocycles. The zero-order valence-electron chi connectivity index (χ0n) is 13.8. The Morgan fingerprint density at radius 3 is 0.889 bits per heavy atom. The van der Waals surface area contributed by atoms with Crippen molar-refractivity contribution in [1.29, 1.82) is 0 Å². The quantitative estimate of drug-likeness (QED) is 0.532. The summed E-state index contributed by atoms with van der Waals surface area (Å²) in [7, 11) is 0. The van der Waals surface area contributed by atoms with E-state index in [1.54, 1.807) is 0 Å². The normalized spacial score (nSPS) is 13.0. The van der Waals surface area contributed by atoms with Gasteiger partial charge in [0.2, 0.25) is 0 Å². The summed E-state index contributed by atoms with van der Waals surface area (Å²) in [6, 6.07) is 0. The molecule has 0 aromatic carbocycles. The van der Waals surface area contributed by atoms with Gasteiger partial charge in [0.1, 0.15) is 13.1 Å². The molecule has 0 aliphatic carbocycles. The van der Waals surface area contributed by atoms with Crippen LogP contribution in [0.25, 0.3) is 0 Å². The first kappa shape index (κ1) is 17.9. The van der Waals surface area contributed by atoms with Crippen LogP contribution in [-0.2, 0) is 0 Å². The van der Waals surface area contributed by atoms with Gasteiger partial charge in [0.05, 0.1) is 11.1 Å². The van der Waals surface area contributed by atoms with Crippen molar-refractivity contribution >= 4 is 0 Å². The highest BCUT2D eigenvalue weighted by atomic mass is 15.0. The van der Waals surface area contributed by atoms with Gasteiger partial charge < -0.3 is 10.6 Å². The molecular weight excluding hydrogens is 220 g/mol. The molecule has 110 valence electrons. The molecule has 0 saturated heterocycles. The third-order valence-electron chi connectivity index (χ3n) is 5.55. The van der Waals surface area contributed by atoms with Crippen molar-refractivity contribution in [3.63, 3.8) is 0 Å². The van der Waals surface area contributed by atoms with Crippen LogP contribution < -0.4 is 10.6 Å². The van der Waals surface area contributed by atoms with Crippen LogP contribution in [0, 0.1) is 0 Å². The van der Waals surface area contributed by atoms with Crippen LogP contribution in [0.5, 0.6) is 0 Å². The Hall–Kier alpha value is -0.0800. The second-order valence-corrected chi connectivity index (χ2v) is 5.83. The van der Waals surface area contributed by atoms with Crippen LogP contribution in [0.2, 0.25) is 0 Å². The molecular formula is C16H38N2+2. The number of rotatable bonds is 11. The average molecular weight is 258 g/mol. The third-order valence-corrected chi connectivity index (χ3v) is 5.55. The largest absolute Gasteiger partial charge is 0.337 e. The molecule has 0 amide bonds. The van der Waals surface area contributed by atoms with E-state index in [-0.39, 0.29) is 0 Å². The van der Waals surface area contributed by atoms with Gasteiger partial charge in [-0.15, -0.1) is 0 Å². The Labute approximate surface area is 115 Å². The van der Waals surface area contributed by atoms with Crippen molar-refractivity contribution < 1.29 is 10.6 Å². The predicted octanol–water partition coefficient (Wildman–Crippen LogP) is 2.05. The lowest BCUT2D eigenvalue weighted by Crippen LogP contribution is -3.05. The number of nitrogens with two attached hydrogens (primary N) is 2. The van der Waals surface area contributed by atoms with E-state index in [1.807, 2.05) is 0 Å². The molecule has 0 bridgehead atoms. The lowest BCUT2D eigenvalue weighted by molar-refractivity contribution is -0.790. The second-order valence-electron chi connectivity index (χ2n) is 5.83. The molecule has 18 heavy (non-hydrogen) atoms. The highest BCUT2D eigenvalue weighted by Gasteiger charge is 2.29. The van der Waals surface area contributed by atoms with E-state index < -0.39 is 0 Å². The first-order valence-electron chi connectivity index (χ1n) is 8.26. The van der Waals surface area contributed by atoms with Crippen molar-refractivity contribution in [2.24, 2.45) is 0 Å². The van der Waals surface area contributed by atoms with Gasteiger partial charge in [-0.25, -0.2) is 0 Å². The number of hydrogen-bond acceptors (Lipinski definition) is 0. The van der Waals surface area contributed by atoms with Gasteiger partial charge in [0.25, 0.3) is 0 Å². The van der Waals surface area contributed by atoms with Gasteiger partial charge in [0, 0.05) is 0 Å². The molecule has 0 spiro atoms. The minimum absolute atomic E-state index is 0.501. The Kier molecular flexibility index (Phi) is 8.89. The first-order valence-corrected chi connectivity index (χ1v) is 8.26. The molecule has 0 saturated carbocycles. The van der Waals surface area contributed by atoms with Gasteiger partial charge in [-0.1, -0.05) is 41.5 Å². The summed E-state index contributed by atoms with van der Waals surface area (Å²) in [4.78, 5) is 0. The van der Waals surface area contributed by atoms with E-state index in [0.29, 0.717) is 11.1 Å². The van der Waals surface area contributed by atoms with E-state index in [4.69, 9.17) is 0 Å². The summed E-state index contributed by atoms with van der Waals surface area (Å²) < 4.78 is 0. The summed E-state index contributed by atoms with van der Waals surface area (Å²) in [6.45, 7) is 16.5. The minimum Gasteiger partial charge on any atom is -0.337 e. The molecule has 4 N–H and O–H groups in total. The zero-order chi connectivity index (χ0) is 14.1. The molecule has 0 radical (unpaired) electrons. The van der Waals surface area contributed by atoms with Crippen molar-refractivity contribution in [1.82, 2.24) is 0 Å². The highest BCUT2D eigenvalue weighted by molar-refractivity contribution is 4.72. The van der Waals surface area contributed by atoms with E-state index in [9.17, 15) is 0 Å². The summed E-state index contributed by atoms with van der Waals surface area (Å²) >= 11 is 0. The molecule has 0 aliphatic rings. The fourth-order valence-corrected chi connectivity index (χ4v) is 3.15. The number of hydrogen-bond donors (Lipinski definition) is 2. The standard InChI is InChI=1S/C16H36N2/c1-7-15(8-2,9-3)17-13-14-18-16(10-4,11-5)12-6/h17-18H,7-14H2,1-6H3/p+2. The lowest BCUT2D eigenvalue weighted by atomic mass is 9.89. The van der Waals surface area contributed by atoms with E-state index in [0.717, 1.165) is 0 Å². The van der Waals surface area contributed by atoms with Gasteiger partial charge in [0.15, 0.2) is 0 Å². The van der Waals surface area contributed by atoms with E-state index in [1.165, 1.54) is 51.6 Å². The first-order chi connectivity index (χ1) is 8.57. The second kappa shape index (κ2) is 8.92. The SMILES string of the molecule is CCC(CC)(CC)[NH2+]CC[NH2+]C(CC)(CC)CC. The smallest absolute Gasteiger partial charge is 0.126 e. The molecule has 0 unspecified atom stereocenters. The van der Waals surface area contributed by atoms with E-state index >= 15 is 0 Å². The molecule has 0 rings (SSSR count). The fourth-order valence-electron chi connectivity index (χ4n) is 3.15. The Bertz CT molecular complexity index is 155. The van der Waals surface area contributed by atoms with Crippen LogP contribution in [0.15, 0.2) is 0 Å². The maximum atomic E-state index is 2.61. The van der Waals surface area contributed by atoms with Crippen LogP contribution in [0.3, 0.4) is 0 Å². The van der Waals surface area contributed by atoms with Crippen LogP contribution in [0.4, 0.5) is 0 Å².